The van der Waals surface area contributed by atoms with Crippen molar-refractivity contribution >= 4 is 0 Å². The van der Waals surface area contributed by atoms with Crippen molar-refractivity contribution < 1.29 is 5.11 Å². The Hall–Kier alpha value is -0.0800. The summed E-state index contributed by atoms with van der Waals surface area (Å²) in [6.45, 7) is 4.88. The topological polar surface area (TPSA) is 32.3 Å². The van der Waals surface area contributed by atoms with Gasteiger partial charge in [-0.2, -0.15) is 0 Å². The molecule has 1 aliphatic rings. The van der Waals surface area contributed by atoms with E-state index in [1.54, 1.807) is 0 Å². The SMILES string of the molecule is CCCC(CCC)NC1CC(CO)C1. The van der Waals surface area contributed by atoms with Crippen molar-refractivity contribution in [3.8, 4) is 0 Å². The van der Waals surface area contributed by atoms with Crippen LogP contribution in [-0.4, -0.2) is 23.8 Å². The molecule has 0 aromatic carbocycles. The number of aliphatic hydroxyl groups excluding tert-OH is 1. The van der Waals surface area contributed by atoms with Gasteiger partial charge in [-0.1, -0.05) is 26.7 Å². The van der Waals surface area contributed by atoms with Crippen LogP contribution in [0.25, 0.3) is 0 Å². The molecule has 0 spiro atoms. The van der Waals surface area contributed by atoms with Crippen LogP contribution in [0.4, 0.5) is 0 Å². The first-order valence-electron chi connectivity index (χ1n) is 6.17. The molecule has 0 saturated heterocycles. The fourth-order valence-electron chi connectivity index (χ4n) is 2.36. The van der Waals surface area contributed by atoms with E-state index in [2.05, 4.69) is 19.2 Å². The van der Waals surface area contributed by atoms with Gasteiger partial charge in [-0.25, -0.2) is 0 Å². The summed E-state index contributed by atoms with van der Waals surface area (Å²) in [4.78, 5) is 0. The van der Waals surface area contributed by atoms with Crippen LogP contribution in [0.15, 0.2) is 0 Å². The third-order valence-corrected chi connectivity index (χ3v) is 3.24. The number of aliphatic hydroxyl groups is 1. The Morgan fingerprint density at radius 3 is 2.21 bits per heavy atom. The molecule has 1 fully saturated rings. The maximum atomic E-state index is 8.92. The zero-order valence-corrected chi connectivity index (χ0v) is 9.63. The third kappa shape index (κ3) is 3.58. The summed E-state index contributed by atoms with van der Waals surface area (Å²) >= 11 is 0. The summed E-state index contributed by atoms with van der Waals surface area (Å²) in [5.41, 5.74) is 0. The number of nitrogens with one attached hydrogen (secondary N) is 1. The number of hydrogen-bond donors (Lipinski definition) is 2. The zero-order chi connectivity index (χ0) is 10.4. The van der Waals surface area contributed by atoms with Gasteiger partial charge in [-0.05, 0) is 31.6 Å². The molecule has 0 aromatic rings. The normalized spacial score (nSPS) is 26.6. The molecule has 1 rings (SSSR count). The average molecular weight is 199 g/mol. The number of hydrogen-bond acceptors (Lipinski definition) is 2. The Morgan fingerprint density at radius 2 is 1.79 bits per heavy atom. The van der Waals surface area contributed by atoms with Crippen molar-refractivity contribution in [2.24, 2.45) is 5.92 Å². The number of rotatable bonds is 7. The van der Waals surface area contributed by atoms with Crippen LogP contribution in [0.3, 0.4) is 0 Å². The van der Waals surface area contributed by atoms with Gasteiger partial charge in [0.15, 0.2) is 0 Å². The molecule has 1 saturated carbocycles. The van der Waals surface area contributed by atoms with E-state index in [1.165, 1.54) is 38.5 Å². The van der Waals surface area contributed by atoms with Gasteiger partial charge in [0, 0.05) is 18.7 Å². The van der Waals surface area contributed by atoms with E-state index >= 15 is 0 Å². The molecule has 0 radical (unpaired) electrons. The van der Waals surface area contributed by atoms with E-state index in [1.807, 2.05) is 0 Å². The van der Waals surface area contributed by atoms with Gasteiger partial charge < -0.3 is 10.4 Å². The second-order valence-corrected chi connectivity index (χ2v) is 4.66. The van der Waals surface area contributed by atoms with Gasteiger partial charge in [0.1, 0.15) is 0 Å². The Balaban J connectivity index is 2.13. The Kier molecular flexibility index (Phi) is 5.49. The van der Waals surface area contributed by atoms with Crippen molar-refractivity contribution in [2.45, 2.75) is 64.5 Å². The lowest BCUT2D eigenvalue weighted by Gasteiger charge is -2.37. The van der Waals surface area contributed by atoms with Gasteiger partial charge in [-0.3, -0.25) is 0 Å². The van der Waals surface area contributed by atoms with Crippen LogP contribution >= 0.6 is 0 Å². The smallest absolute Gasteiger partial charge is 0.0460 e. The standard InChI is InChI=1S/C12H25NO/c1-3-5-11(6-4-2)13-12-7-10(8-12)9-14/h10-14H,3-9H2,1-2H3. The van der Waals surface area contributed by atoms with Crippen molar-refractivity contribution in [3.05, 3.63) is 0 Å². The van der Waals surface area contributed by atoms with Crippen molar-refractivity contribution in [1.82, 2.24) is 5.32 Å². The summed E-state index contributed by atoms with van der Waals surface area (Å²) in [6.07, 6.45) is 7.50. The van der Waals surface area contributed by atoms with E-state index < -0.39 is 0 Å². The fourth-order valence-corrected chi connectivity index (χ4v) is 2.36. The molecule has 0 aliphatic heterocycles. The molecule has 0 atom stereocenters. The summed E-state index contributed by atoms with van der Waals surface area (Å²) < 4.78 is 0. The van der Waals surface area contributed by atoms with Crippen molar-refractivity contribution in [2.75, 3.05) is 6.61 Å². The van der Waals surface area contributed by atoms with Crippen LogP contribution in [0.5, 0.6) is 0 Å². The molecule has 0 heterocycles. The largest absolute Gasteiger partial charge is 0.396 e. The van der Waals surface area contributed by atoms with Crippen molar-refractivity contribution in [3.63, 3.8) is 0 Å². The van der Waals surface area contributed by atoms with Crippen LogP contribution < -0.4 is 5.32 Å². The van der Waals surface area contributed by atoms with Crippen LogP contribution in [0.2, 0.25) is 0 Å². The molecule has 2 nitrogen and oxygen atoms in total. The summed E-state index contributed by atoms with van der Waals surface area (Å²) in [5.74, 6) is 0.580. The lowest BCUT2D eigenvalue weighted by molar-refractivity contribution is 0.118. The predicted molar refractivity (Wildman–Crippen MR) is 60.3 cm³/mol. The maximum absolute atomic E-state index is 8.92. The highest BCUT2D eigenvalue weighted by Crippen LogP contribution is 2.27. The zero-order valence-electron chi connectivity index (χ0n) is 9.63. The molecule has 1 aliphatic carbocycles. The first kappa shape index (κ1) is 12.0. The monoisotopic (exact) mass is 199 g/mol. The average Bonchev–Trinajstić information content (AvgIpc) is 2.11. The molecule has 0 aromatic heterocycles. The minimum Gasteiger partial charge on any atom is -0.396 e. The van der Waals surface area contributed by atoms with Gasteiger partial charge in [0.2, 0.25) is 0 Å². The van der Waals surface area contributed by atoms with Crippen LogP contribution in [0, 0.1) is 5.92 Å². The fraction of sp³-hybridized carbons (Fsp3) is 1.00. The first-order valence-corrected chi connectivity index (χ1v) is 6.17. The summed E-state index contributed by atoms with van der Waals surface area (Å²) in [6, 6.07) is 1.41. The molecule has 0 bridgehead atoms. The highest BCUT2D eigenvalue weighted by molar-refractivity contribution is 4.86. The Labute approximate surface area is 88.1 Å². The lowest BCUT2D eigenvalue weighted by Crippen LogP contribution is -2.47. The summed E-state index contributed by atoms with van der Waals surface area (Å²) in [7, 11) is 0. The van der Waals surface area contributed by atoms with Crippen molar-refractivity contribution in [1.29, 1.82) is 0 Å². The summed E-state index contributed by atoms with van der Waals surface area (Å²) in [5, 5.41) is 12.6. The molecular weight excluding hydrogens is 174 g/mol. The molecule has 2 heteroatoms. The molecular formula is C12H25NO. The quantitative estimate of drug-likeness (QED) is 0.659. The molecule has 0 unspecified atom stereocenters. The Morgan fingerprint density at radius 1 is 1.21 bits per heavy atom. The van der Waals surface area contributed by atoms with Crippen LogP contribution in [0.1, 0.15) is 52.4 Å². The Bertz CT molecular complexity index is 137. The minimum atomic E-state index is 0.379. The van der Waals surface area contributed by atoms with Crippen LogP contribution in [-0.2, 0) is 0 Å². The molecule has 2 N–H and O–H groups in total. The molecule has 14 heavy (non-hydrogen) atoms. The van der Waals surface area contributed by atoms with E-state index in [9.17, 15) is 0 Å². The second kappa shape index (κ2) is 6.41. The molecule has 84 valence electrons. The highest BCUT2D eigenvalue weighted by atomic mass is 16.3. The van der Waals surface area contributed by atoms with E-state index in [0.29, 0.717) is 18.6 Å². The highest BCUT2D eigenvalue weighted by Gasteiger charge is 2.29. The first-order chi connectivity index (χ1) is 6.80. The lowest BCUT2D eigenvalue weighted by atomic mass is 9.80. The molecule has 0 amide bonds. The minimum absolute atomic E-state index is 0.379. The van der Waals surface area contributed by atoms with Gasteiger partial charge in [-0.15, -0.1) is 0 Å². The van der Waals surface area contributed by atoms with E-state index in [4.69, 9.17) is 5.11 Å². The van der Waals surface area contributed by atoms with Gasteiger partial charge in [0.25, 0.3) is 0 Å². The maximum Gasteiger partial charge on any atom is 0.0460 e. The van der Waals surface area contributed by atoms with Gasteiger partial charge >= 0.3 is 0 Å². The van der Waals surface area contributed by atoms with E-state index in [-0.39, 0.29) is 0 Å². The third-order valence-electron chi connectivity index (χ3n) is 3.24. The second-order valence-electron chi connectivity index (χ2n) is 4.66. The van der Waals surface area contributed by atoms with E-state index in [0.717, 1.165) is 6.04 Å². The predicted octanol–water partition coefficient (Wildman–Crippen LogP) is 2.32. The van der Waals surface area contributed by atoms with Gasteiger partial charge in [0.05, 0.1) is 0 Å².